The largest absolute Gasteiger partial charge is 0.497 e. The molecule has 0 aliphatic carbocycles. The number of rotatable bonds is 6. The molecule has 2 aromatic carbocycles. The zero-order valence-electron chi connectivity index (χ0n) is 15.0. The lowest BCUT2D eigenvalue weighted by atomic mass is 10.1. The number of furan rings is 1. The van der Waals surface area contributed by atoms with Gasteiger partial charge in [-0.05, 0) is 49.4 Å². The highest BCUT2D eigenvalue weighted by Crippen LogP contribution is 2.28. The van der Waals surface area contributed by atoms with Crippen molar-refractivity contribution in [2.24, 2.45) is 0 Å². The number of carbonyl (C=O) groups is 2. The summed E-state index contributed by atoms with van der Waals surface area (Å²) in [6, 6.07) is 12.6. The third-order valence-corrected chi connectivity index (χ3v) is 4.59. The number of benzene rings is 2. The number of fused-ring (bicyclic) bond motifs is 1. The summed E-state index contributed by atoms with van der Waals surface area (Å²) in [7, 11) is 1.57. The van der Waals surface area contributed by atoms with Crippen LogP contribution in [-0.4, -0.2) is 25.5 Å². The Morgan fingerprint density at radius 2 is 1.89 bits per heavy atom. The molecule has 1 heterocycles. The van der Waals surface area contributed by atoms with Crippen LogP contribution in [0.2, 0.25) is 0 Å². The van der Waals surface area contributed by atoms with Crippen LogP contribution in [0.1, 0.15) is 22.5 Å². The minimum atomic E-state index is -0.282. The number of carbonyl (C=O) groups excluding carboxylic acids is 2. The fourth-order valence-corrected chi connectivity index (χ4v) is 3.01. The Balaban J connectivity index is 1.61. The molecule has 6 nitrogen and oxygen atoms in total. The second-order valence-corrected chi connectivity index (χ2v) is 6.87. The van der Waals surface area contributed by atoms with Gasteiger partial charge in [-0.25, -0.2) is 0 Å². The highest BCUT2D eigenvalue weighted by Gasteiger charge is 2.18. The van der Waals surface area contributed by atoms with E-state index in [0.717, 1.165) is 4.47 Å². The van der Waals surface area contributed by atoms with E-state index < -0.39 is 0 Å². The van der Waals surface area contributed by atoms with E-state index in [1.807, 2.05) is 12.1 Å². The van der Waals surface area contributed by atoms with Gasteiger partial charge in [0.1, 0.15) is 17.1 Å². The molecule has 0 spiro atoms. The number of methoxy groups -OCH3 is 1. The fraction of sp³-hybridized carbons (Fsp3) is 0.200. The highest BCUT2D eigenvalue weighted by molar-refractivity contribution is 9.10. The summed E-state index contributed by atoms with van der Waals surface area (Å²) in [6.45, 7) is 1.96. The summed E-state index contributed by atoms with van der Waals surface area (Å²) in [6.07, 6.45) is 0.167. The number of aryl methyl sites for hydroxylation is 1. The number of halogens is 1. The number of ether oxygens (including phenoxy) is 1. The Hall–Kier alpha value is -2.80. The van der Waals surface area contributed by atoms with E-state index in [-0.39, 0.29) is 24.8 Å². The minimum absolute atomic E-state index is 0.167. The quantitative estimate of drug-likeness (QED) is 0.611. The van der Waals surface area contributed by atoms with Crippen LogP contribution in [0.15, 0.2) is 51.4 Å². The maximum atomic E-state index is 12.6. The van der Waals surface area contributed by atoms with E-state index in [1.54, 1.807) is 44.4 Å². The predicted octanol–water partition coefficient (Wildman–Crippen LogP) is 4.27. The molecule has 140 valence electrons. The van der Waals surface area contributed by atoms with Crippen molar-refractivity contribution in [1.82, 2.24) is 5.32 Å². The van der Waals surface area contributed by atoms with Crippen LogP contribution in [0.3, 0.4) is 0 Å². The molecule has 0 bridgehead atoms. The van der Waals surface area contributed by atoms with Crippen molar-refractivity contribution in [3.8, 4) is 5.75 Å². The lowest BCUT2D eigenvalue weighted by molar-refractivity contribution is -0.116. The number of nitrogens with one attached hydrogen (secondary N) is 2. The van der Waals surface area contributed by atoms with Gasteiger partial charge in [0, 0.05) is 28.5 Å². The van der Waals surface area contributed by atoms with Gasteiger partial charge >= 0.3 is 0 Å². The fourth-order valence-electron chi connectivity index (χ4n) is 2.74. The van der Waals surface area contributed by atoms with Crippen molar-refractivity contribution in [3.63, 3.8) is 0 Å². The monoisotopic (exact) mass is 430 g/mol. The molecule has 0 saturated heterocycles. The molecule has 3 aromatic rings. The summed E-state index contributed by atoms with van der Waals surface area (Å²) in [5, 5.41) is 6.24. The first-order valence-corrected chi connectivity index (χ1v) is 9.18. The molecule has 0 fully saturated rings. The van der Waals surface area contributed by atoms with Gasteiger partial charge in [-0.1, -0.05) is 15.9 Å². The molecule has 3 rings (SSSR count). The van der Waals surface area contributed by atoms with Crippen molar-refractivity contribution in [3.05, 3.63) is 58.3 Å². The van der Waals surface area contributed by atoms with Crippen molar-refractivity contribution >= 4 is 44.4 Å². The first-order chi connectivity index (χ1) is 13.0. The van der Waals surface area contributed by atoms with E-state index in [1.165, 1.54) is 0 Å². The summed E-state index contributed by atoms with van der Waals surface area (Å²) >= 11 is 3.34. The van der Waals surface area contributed by atoms with Gasteiger partial charge in [-0.15, -0.1) is 0 Å². The van der Waals surface area contributed by atoms with Crippen LogP contribution in [0.5, 0.6) is 5.75 Å². The van der Waals surface area contributed by atoms with Crippen LogP contribution < -0.4 is 15.4 Å². The Morgan fingerprint density at radius 3 is 2.59 bits per heavy atom. The maximum Gasteiger partial charge on any atom is 0.255 e. The number of hydrogen-bond donors (Lipinski definition) is 2. The maximum absolute atomic E-state index is 12.6. The van der Waals surface area contributed by atoms with Gasteiger partial charge in [0.2, 0.25) is 5.91 Å². The molecule has 7 heteroatoms. The van der Waals surface area contributed by atoms with E-state index in [9.17, 15) is 9.59 Å². The molecule has 0 radical (unpaired) electrons. The molecule has 27 heavy (non-hydrogen) atoms. The lowest BCUT2D eigenvalue weighted by Crippen LogP contribution is -2.28. The third kappa shape index (κ3) is 4.49. The van der Waals surface area contributed by atoms with Crippen LogP contribution in [0, 0.1) is 6.92 Å². The summed E-state index contributed by atoms with van der Waals surface area (Å²) in [5.74, 6) is 0.713. The van der Waals surface area contributed by atoms with Crippen molar-refractivity contribution in [2.45, 2.75) is 13.3 Å². The Kier molecular flexibility index (Phi) is 5.81. The minimum Gasteiger partial charge on any atom is -0.497 e. The molecular weight excluding hydrogens is 412 g/mol. The second-order valence-electron chi connectivity index (χ2n) is 5.96. The normalized spacial score (nSPS) is 10.6. The molecule has 2 amide bonds. The molecule has 0 saturated carbocycles. The third-order valence-electron chi connectivity index (χ3n) is 4.06. The number of anilines is 1. The Morgan fingerprint density at radius 1 is 1.15 bits per heavy atom. The smallest absolute Gasteiger partial charge is 0.255 e. The van der Waals surface area contributed by atoms with Crippen LogP contribution in [0.4, 0.5) is 5.69 Å². The summed E-state index contributed by atoms with van der Waals surface area (Å²) in [5.41, 5.74) is 1.78. The molecule has 0 atom stereocenters. The van der Waals surface area contributed by atoms with Gasteiger partial charge in [-0.3, -0.25) is 9.59 Å². The lowest BCUT2D eigenvalue weighted by Gasteiger charge is -2.07. The van der Waals surface area contributed by atoms with Gasteiger partial charge in [0.15, 0.2) is 0 Å². The average molecular weight is 431 g/mol. The molecule has 0 aliphatic rings. The van der Waals surface area contributed by atoms with Crippen molar-refractivity contribution < 1.29 is 18.7 Å². The van der Waals surface area contributed by atoms with Crippen LogP contribution in [0.25, 0.3) is 11.0 Å². The van der Waals surface area contributed by atoms with Crippen molar-refractivity contribution in [1.29, 1.82) is 0 Å². The number of amides is 2. The van der Waals surface area contributed by atoms with Gasteiger partial charge in [0.05, 0.1) is 12.7 Å². The van der Waals surface area contributed by atoms with E-state index in [2.05, 4.69) is 26.6 Å². The zero-order chi connectivity index (χ0) is 19.4. The second kappa shape index (κ2) is 8.26. The first-order valence-electron chi connectivity index (χ1n) is 8.38. The first kappa shape index (κ1) is 19.0. The Labute approximate surface area is 165 Å². The van der Waals surface area contributed by atoms with E-state index in [0.29, 0.717) is 33.7 Å². The van der Waals surface area contributed by atoms with Gasteiger partial charge in [-0.2, -0.15) is 0 Å². The van der Waals surface area contributed by atoms with Crippen LogP contribution >= 0.6 is 15.9 Å². The summed E-state index contributed by atoms with van der Waals surface area (Å²) < 4.78 is 11.8. The van der Waals surface area contributed by atoms with Crippen molar-refractivity contribution in [2.75, 3.05) is 19.0 Å². The zero-order valence-corrected chi connectivity index (χ0v) is 16.6. The van der Waals surface area contributed by atoms with E-state index >= 15 is 0 Å². The SMILES string of the molecule is COc1ccc2oc(C)c(C(=O)NCCC(=O)Nc3ccc(Br)cc3)c2c1. The van der Waals surface area contributed by atoms with Gasteiger partial charge < -0.3 is 19.8 Å². The molecule has 0 unspecified atom stereocenters. The highest BCUT2D eigenvalue weighted by atomic mass is 79.9. The Bertz CT molecular complexity index is 980. The van der Waals surface area contributed by atoms with Gasteiger partial charge in [0.25, 0.3) is 5.91 Å². The number of hydrogen-bond acceptors (Lipinski definition) is 4. The topological polar surface area (TPSA) is 80.6 Å². The average Bonchev–Trinajstić information content (AvgIpc) is 2.98. The molecule has 0 aliphatic heterocycles. The summed E-state index contributed by atoms with van der Waals surface area (Å²) in [4.78, 5) is 24.6. The molecular formula is C20H19BrN2O4. The van der Waals surface area contributed by atoms with E-state index in [4.69, 9.17) is 9.15 Å². The predicted molar refractivity (Wildman–Crippen MR) is 107 cm³/mol. The standard InChI is InChI=1S/C20H19BrN2O4/c1-12-19(16-11-15(26-2)7-8-17(16)27-12)20(25)22-10-9-18(24)23-14-5-3-13(21)4-6-14/h3-8,11H,9-10H2,1-2H3,(H,22,25)(H,23,24). The molecule has 1 aromatic heterocycles. The van der Waals surface area contributed by atoms with Crippen LogP contribution in [-0.2, 0) is 4.79 Å². The molecule has 2 N–H and O–H groups in total.